The van der Waals surface area contributed by atoms with Crippen LogP contribution in [0.2, 0.25) is 0 Å². The molecule has 4 aromatic carbocycles. The Bertz CT molecular complexity index is 1510. The molecule has 1 saturated heterocycles. The van der Waals surface area contributed by atoms with Crippen LogP contribution in [0, 0.1) is 11.3 Å². The van der Waals surface area contributed by atoms with Crippen LogP contribution in [-0.2, 0) is 22.6 Å². The van der Waals surface area contributed by atoms with E-state index in [0.29, 0.717) is 38.2 Å². The van der Waals surface area contributed by atoms with E-state index in [0.717, 1.165) is 40.5 Å². The summed E-state index contributed by atoms with van der Waals surface area (Å²) < 4.78 is 5.92. The zero-order valence-corrected chi connectivity index (χ0v) is 23.0. The van der Waals surface area contributed by atoms with E-state index in [9.17, 15) is 9.59 Å². The molecule has 0 radical (unpaired) electrons. The summed E-state index contributed by atoms with van der Waals surface area (Å²) in [5, 5.41) is 17.0. The van der Waals surface area contributed by atoms with Crippen LogP contribution in [0.15, 0.2) is 97.1 Å². The summed E-state index contributed by atoms with van der Waals surface area (Å²) in [6, 6.07) is 32.4. The maximum Gasteiger partial charge on any atom is 0.246 e. The number of piperazine rings is 1. The molecule has 1 fully saturated rings. The van der Waals surface area contributed by atoms with E-state index < -0.39 is 12.1 Å². The molecule has 0 bridgehead atoms. The monoisotopic (exact) mass is 546 g/mol. The molecule has 1 aliphatic rings. The van der Waals surface area contributed by atoms with Crippen LogP contribution in [0.3, 0.4) is 0 Å². The van der Waals surface area contributed by atoms with Crippen molar-refractivity contribution < 1.29 is 14.3 Å². The zero-order chi connectivity index (χ0) is 28.4. The number of hydrogen-bond donors (Lipinski definition) is 2. The second-order valence-electron chi connectivity index (χ2n) is 10.3. The molecule has 1 aliphatic heterocycles. The van der Waals surface area contributed by atoms with Crippen LogP contribution in [0.5, 0.6) is 11.5 Å². The normalized spacial score (nSPS) is 16.8. The lowest BCUT2D eigenvalue weighted by molar-refractivity contribution is -0.150. The van der Waals surface area contributed by atoms with Crippen molar-refractivity contribution in [3.8, 4) is 17.6 Å². The number of carbonyl (C=O) groups excluding carboxylic acids is 2. The van der Waals surface area contributed by atoms with Gasteiger partial charge < -0.3 is 20.3 Å². The Labute approximate surface area is 240 Å². The van der Waals surface area contributed by atoms with Gasteiger partial charge >= 0.3 is 0 Å². The summed E-state index contributed by atoms with van der Waals surface area (Å²) in [5.41, 5.74) is 1.94. The summed E-state index contributed by atoms with van der Waals surface area (Å²) in [4.78, 5) is 29.0. The van der Waals surface area contributed by atoms with Crippen LogP contribution in [-0.4, -0.2) is 41.9 Å². The average Bonchev–Trinajstić information content (AvgIpc) is 3.00. The fourth-order valence-electron chi connectivity index (χ4n) is 5.26. The quantitative estimate of drug-likeness (QED) is 0.184. The Kier molecular flexibility index (Phi) is 9.25. The van der Waals surface area contributed by atoms with Crippen LogP contribution < -0.4 is 15.4 Å². The highest BCUT2D eigenvalue weighted by atomic mass is 16.5. The number of nitrogens with zero attached hydrogens (tertiary/aromatic N) is 2. The molecule has 2 unspecified atom stereocenters. The van der Waals surface area contributed by atoms with Crippen molar-refractivity contribution in [1.82, 2.24) is 15.5 Å². The van der Waals surface area contributed by atoms with Gasteiger partial charge in [-0.15, -0.1) is 0 Å². The van der Waals surface area contributed by atoms with Crippen molar-refractivity contribution in [1.29, 1.82) is 5.26 Å². The summed E-state index contributed by atoms with van der Waals surface area (Å²) in [5.74, 6) is 1.27. The van der Waals surface area contributed by atoms with E-state index in [1.165, 1.54) is 0 Å². The highest BCUT2D eigenvalue weighted by molar-refractivity contribution is 5.97. The molecule has 2 atom stereocenters. The summed E-state index contributed by atoms with van der Waals surface area (Å²) in [6.45, 7) is 1.34. The topological polar surface area (TPSA) is 94.5 Å². The molecule has 41 heavy (non-hydrogen) atoms. The number of fused-ring (bicyclic) bond motifs is 1. The van der Waals surface area contributed by atoms with E-state index in [1.807, 2.05) is 72.8 Å². The molecule has 0 saturated carbocycles. The first-order chi connectivity index (χ1) is 20.1. The predicted octanol–water partition coefficient (Wildman–Crippen LogP) is 5.35. The first-order valence-corrected chi connectivity index (χ1v) is 14.1. The number of rotatable bonds is 12. The van der Waals surface area contributed by atoms with Gasteiger partial charge in [0.25, 0.3) is 0 Å². The van der Waals surface area contributed by atoms with Gasteiger partial charge in [0, 0.05) is 13.0 Å². The van der Waals surface area contributed by atoms with E-state index in [2.05, 4.69) is 41.0 Å². The molecule has 2 amide bonds. The smallest absolute Gasteiger partial charge is 0.246 e. The molecule has 0 aromatic heterocycles. The lowest BCUT2D eigenvalue weighted by Crippen LogP contribution is -2.63. The maximum atomic E-state index is 13.9. The molecule has 4 aromatic rings. The number of benzene rings is 4. The predicted molar refractivity (Wildman–Crippen MR) is 159 cm³/mol. The van der Waals surface area contributed by atoms with Crippen molar-refractivity contribution in [2.75, 3.05) is 13.1 Å². The Balaban J connectivity index is 1.31. The average molecular weight is 547 g/mol. The van der Waals surface area contributed by atoms with Gasteiger partial charge in [0.2, 0.25) is 11.8 Å². The second-order valence-corrected chi connectivity index (χ2v) is 10.3. The van der Waals surface area contributed by atoms with Crippen molar-refractivity contribution >= 4 is 22.6 Å². The molecule has 7 nitrogen and oxygen atoms in total. The van der Waals surface area contributed by atoms with Crippen molar-refractivity contribution in [2.24, 2.45) is 0 Å². The van der Waals surface area contributed by atoms with Gasteiger partial charge in [-0.3, -0.25) is 9.59 Å². The third-order valence-corrected chi connectivity index (χ3v) is 7.37. The largest absolute Gasteiger partial charge is 0.457 e. The number of nitriles is 1. The Morgan fingerprint density at radius 2 is 1.54 bits per heavy atom. The molecule has 0 aliphatic carbocycles. The molecule has 208 valence electrons. The minimum Gasteiger partial charge on any atom is -0.457 e. The van der Waals surface area contributed by atoms with E-state index >= 15 is 0 Å². The first-order valence-electron chi connectivity index (χ1n) is 14.1. The van der Waals surface area contributed by atoms with Gasteiger partial charge in [-0.2, -0.15) is 5.26 Å². The molecule has 2 N–H and O–H groups in total. The summed E-state index contributed by atoms with van der Waals surface area (Å²) in [6.07, 6.45) is 2.57. The Hall–Kier alpha value is -4.67. The van der Waals surface area contributed by atoms with Crippen LogP contribution in [0.4, 0.5) is 0 Å². The number of para-hydroxylation sites is 1. The lowest BCUT2D eigenvalue weighted by atomic mass is 9.96. The van der Waals surface area contributed by atoms with Crippen molar-refractivity contribution in [3.63, 3.8) is 0 Å². The SMILES string of the molecule is N#CCNCCCCC1C(=O)NC(Cc2ccc3ccccc3c2)C(=O)N1Cc1ccc(Oc2ccccc2)cc1. The van der Waals surface area contributed by atoms with Gasteiger partial charge in [-0.05, 0) is 72.0 Å². The van der Waals surface area contributed by atoms with Crippen LogP contribution in [0.1, 0.15) is 30.4 Å². The first kappa shape index (κ1) is 27.9. The highest BCUT2D eigenvalue weighted by Gasteiger charge is 2.40. The van der Waals surface area contributed by atoms with Crippen LogP contribution in [0.25, 0.3) is 10.8 Å². The van der Waals surface area contributed by atoms with Gasteiger partial charge in [0.1, 0.15) is 23.6 Å². The molecule has 5 rings (SSSR count). The number of unbranched alkanes of at least 4 members (excludes halogenated alkanes) is 1. The number of amides is 2. The zero-order valence-electron chi connectivity index (χ0n) is 23.0. The molecule has 7 heteroatoms. The van der Waals surface area contributed by atoms with Gasteiger partial charge in [-0.25, -0.2) is 0 Å². The highest BCUT2D eigenvalue weighted by Crippen LogP contribution is 2.25. The van der Waals surface area contributed by atoms with Gasteiger partial charge in [0.15, 0.2) is 0 Å². The Morgan fingerprint density at radius 1 is 0.829 bits per heavy atom. The maximum absolute atomic E-state index is 13.9. The molecule has 1 heterocycles. The van der Waals surface area contributed by atoms with Gasteiger partial charge in [-0.1, -0.05) is 72.8 Å². The van der Waals surface area contributed by atoms with E-state index in [1.54, 1.807) is 4.90 Å². The van der Waals surface area contributed by atoms with E-state index in [-0.39, 0.29) is 11.8 Å². The summed E-state index contributed by atoms with van der Waals surface area (Å²) in [7, 11) is 0. The van der Waals surface area contributed by atoms with E-state index in [4.69, 9.17) is 10.00 Å². The third-order valence-electron chi connectivity index (χ3n) is 7.37. The molecular formula is C34H34N4O3. The van der Waals surface area contributed by atoms with Crippen LogP contribution >= 0.6 is 0 Å². The number of carbonyl (C=O) groups is 2. The minimum atomic E-state index is -0.627. The number of nitrogens with one attached hydrogen (secondary N) is 2. The van der Waals surface area contributed by atoms with Gasteiger partial charge in [0.05, 0.1) is 12.6 Å². The standard InChI is InChI=1S/C34H34N4O3/c35-19-21-36-20-7-6-12-32-33(39)37-31(23-26-13-16-27-8-4-5-9-28(27)22-26)34(40)38(32)24-25-14-17-30(18-15-25)41-29-10-2-1-3-11-29/h1-5,8-11,13-18,22,31-32,36H,6-7,12,20-21,23-24H2,(H,37,39). The number of ether oxygens (including phenoxy) is 1. The number of hydrogen-bond acceptors (Lipinski definition) is 5. The van der Waals surface area contributed by atoms with Crippen molar-refractivity contribution in [3.05, 3.63) is 108 Å². The summed E-state index contributed by atoms with van der Waals surface area (Å²) >= 11 is 0. The fourth-order valence-corrected chi connectivity index (χ4v) is 5.26. The molecule has 0 spiro atoms. The molecular weight excluding hydrogens is 512 g/mol. The minimum absolute atomic E-state index is 0.0741. The second kappa shape index (κ2) is 13.6. The fraction of sp³-hybridized carbons (Fsp3) is 0.265. The Morgan fingerprint density at radius 3 is 2.32 bits per heavy atom. The lowest BCUT2D eigenvalue weighted by Gasteiger charge is -2.39. The third kappa shape index (κ3) is 7.30. The van der Waals surface area contributed by atoms with Crippen molar-refractivity contribution in [2.45, 2.75) is 44.3 Å².